The highest BCUT2D eigenvalue weighted by molar-refractivity contribution is 6.95. The van der Waals surface area contributed by atoms with Crippen molar-refractivity contribution >= 4 is 23.1 Å². The second kappa shape index (κ2) is 8.16. The van der Waals surface area contributed by atoms with Gasteiger partial charge in [0, 0.05) is 40.7 Å². The minimum absolute atomic E-state index is 0.0107. The van der Waals surface area contributed by atoms with Crippen LogP contribution in [0.15, 0.2) is 24.3 Å². The average molecular weight is 452 g/mol. The Kier molecular flexibility index (Phi) is 5.92. The Bertz CT molecular complexity index is 1060. The van der Waals surface area contributed by atoms with E-state index in [9.17, 15) is 43.9 Å². The summed E-state index contributed by atoms with van der Waals surface area (Å²) in [5.41, 5.74) is -4.95. The molecule has 0 fully saturated rings. The van der Waals surface area contributed by atoms with Crippen LogP contribution >= 0.6 is 0 Å². The molecular formula is C19H7BF10O. The number of rotatable bonds is 4. The third-order valence-electron chi connectivity index (χ3n) is 4.41. The predicted octanol–water partition coefficient (Wildman–Crippen LogP) is 3.60. The highest BCUT2D eigenvalue weighted by Gasteiger charge is 2.41. The fourth-order valence-corrected chi connectivity index (χ4v) is 3.15. The first kappa shape index (κ1) is 22.5. The van der Waals surface area contributed by atoms with Crippen LogP contribution in [0.2, 0.25) is 0 Å². The molecule has 0 spiro atoms. The van der Waals surface area contributed by atoms with Gasteiger partial charge in [0.05, 0.1) is 7.11 Å². The minimum atomic E-state index is -2.86. The summed E-state index contributed by atoms with van der Waals surface area (Å²) in [7, 11) is 0.649. The highest BCUT2D eigenvalue weighted by Crippen LogP contribution is 2.26. The summed E-state index contributed by atoms with van der Waals surface area (Å²) in [5, 5.41) is 0. The molecular weight excluding hydrogens is 445 g/mol. The van der Waals surface area contributed by atoms with Crippen LogP contribution < -0.4 is 21.1 Å². The Morgan fingerprint density at radius 2 is 0.839 bits per heavy atom. The van der Waals surface area contributed by atoms with Gasteiger partial charge < -0.3 is 4.74 Å². The zero-order valence-corrected chi connectivity index (χ0v) is 15.1. The minimum Gasteiger partial charge on any atom is -0.491 e. The van der Waals surface area contributed by atoms with Crippen molar-refractivity contribution in [3.63, 3.8) is 0 Å². The number of benzene rings is 3. The highest BCUT2D eigenvalue weighted by atomic mass is 19.2. The molecule has 162 valence electrons. The summed E-state index contributed by atoms with van der Waals surface area (Å²) in [6.45, 7) is -2.86. The second-order valence-electron chi connectivity index (χ2n) is 6.20. The maximum absolute atomic E-state index is 14.7. The third-order valence-corrected chi connectivity index (χ3v) is 4.41. The van der Waals surface area contributed by atoms with Gasteiger partial charge in [-0.1, -0.05) is 0 Å². The van der Waals surface area contributed by atoms with Crippen molar-refractivity contribution in [1.29, 1.82) is 0 Å². The molecule has 12 heteroatoms. The summed E-state index contributed by atoms with van der Waals surface area (Å²) in [4.78, 5) is 0. The van der Waals surface area contributed by atoms with E-state index in [2.05, 4.69) is 4.74 Å². The molecule has 0 aromatic heterocycles. The van der Waals surface area contributed by atoms with Crippen LogP contribution in [0.1, 0.15) is 0 Å². The Balaban J connectivity index is 2.52. The second-order valence-corrected chi connectivity index (χ2v) is 6.20. The topological polar surface area (TPSA) is 9.23 Å². The summed E-state index contributed by atoms with van der Waals surface area (Å²) in [6.07, 6.45) is 0. The molecule has 0 aliphatic heterocycles. The van der Waals surface area contributed by atoms with Crippen molar-refractivity contribution in [1.82, 2.24) is 0 Å². The quantitative estimate of drug-likeness (QED) is 0.334. The molecule has 0 amide bonds. The van der Waals surface area contributed by atoms with Crippen molar-refractivity contribution in [3.05, 3.63) is 82.4 Å². The number of ether oxygens (including phenoxy) is 1. The molecule has 3 rings (SSSR count). The Labute approximate surface area is 168 Å². The van der Waals surface area contributed by atoms with Gasteiger partial charge in [0.1, 0.15) is 34.9 Å². The zero-order chi connectivity index (χ0) is 23.2. The first-order valence-corrected chi connectivity index (χ1v) is 8.18. The summed E-state index contributed by atoms with van der Waals surface area (Å²) in [5.74, 6) is -21.1. The SMILES string of the molecule is COc1c(F)c(F)c(B(c2c(F)cc(F)cc2F)c2c(F)cc(F)cc2F)c(F)c1F. The van der Waals surface area contributed by atoms with E-state index in [1.165, 1.54) is 0 Å². The fourth-order valence-electron chi connectivity index (χ4n) is 3.15. The summed E-state index contributed by atoms with van der Waals surface area (Å²) in [6, 6.07) is 0.0428. The fraction of sp³-hybridized carbons (Fsp3) is 0.0526. The molecule has 0 aliphatic rings. The van der Waals surface area contributed by atoms with Gasteiger partial charge in [-0.15, -0.1) is 0 Å². The lowest BCUT2D eigenvalue weighted by Gasteiger charge is -2.21. The maximum atomic E-state index is 14.7. The Hall–Kier alpha value is -3.18. The van der Waals surface area contributed by atoms with Crippen molar-refractivity contribution < 1.29 is 48.6 Å². The molecule has 31 heavy (non-hydrogen) atoms. The van der Waals surface area contributed by atoms with Gasteiger partial charge in [0.25, 0.3) is 6.71 Å². The molecule has 0 aliphatic carbocycles. The van der Waals surface area contributed by atoms with E-state index in [-0.39, 0.29) is 24.3 Å². The molecule has 0 unspecified atom stereocenters. The van der Waals surface area contributed by atoms with Crippen LogP contribution in [-0.2, 0) is 0 Å². The van der Waals surface area contributed by atoms with Crippen molar-refractivity contribution in [3.8, 4) is 5.75 Å². The smallest absolute Gasteiger partial charge is 0.264 e. The van der Waals surface area contributed by atoms with Gasteiger partial charge in [-0.25, -0.2) is 35.1 Å². The number of methoxy groups -OCH3 is 1. The molecule has 0 bridgehead atoms. The molecule has 3 aromatic rings. The molecule has 0 saturated heterocycles. The van der Waals surface area contributed by atoms with Gasteiger partial charge in [0.2, 0.25) is 11.6 Å². The van der Waals surface area contributed by atoms with E-state index in [0.717, 1.165) is 0 Å². The first-order chi connectivity index (χ1) is 14.5. The molecule has 0 N–H and O–H groups in total. The van der Waals surface area contributed by atoms with E-state index < -0.39 is 87.0 Å². The van der Waals surface area contributed by atoms with Crippen LogP contribution in [-0.4, -0.2) is 13.8 Å². The van der Waals surface area contributed by atoms with E-state index >= 15 is 0 Å². The lowest BCUT2D eigenvalue weighted by Crippen LogP contribution is -2.59. The van der Waals surface area contributed by atoms with Gasteiger partial charge in [0.15, 0.2) is 17.4 Å². The Morgan fingerprint density at radius 1 is 0.516 bits per heavy atom. The van der Waals surface area contributed by atoms with Gasteiger partial charge in [-0.2, -0.15) is 8.78 Å². The predicted molar refractivity (Wildman–Crippen MR) is 90.1 cm³/mol. The first-order valence-electron chi connectivity index (χ1n) is 8.18. The van der Waals surface area contributed by atoms with Crippen molar-refractivity contribution in [2.24, 2.45) is 0 Å². The van der Waals surface area contributed by atoms with Crippen LogP contribution in [0, 0.1) is 58.2 Å². The monoisotopic (exact) mass is 452 g/mol. The average Bonchev–Trinajstić information content (AvgIpc) is 2.65. The van der Waals surface area contributed by atoms with E-state index in [4.69, 9.17) is 0 Å². The van der Waals surface area contributed by atoms with Crippen LogP contribution in [0.5, 0.6) is 5.75 Å². The third kappa shape index (κ3) is 3.70. The molecule has 0 heterocycles. The van der Waals surface area contributed by atoms with Gasteiger partial charge in [-0.05, 0) is 0 Å². The van der Waals surface area contributed by atoms with Crippen molar-refractivity contribution in [2.45, 2.75) is 0 Å². The van der Waals surface area contributed by atoms with E-state index in [1.54, 1.807) is 0 Å². The summed E-state index contributed by atoms with van der Waals surface area (Å²) >= 11 is 0. The number of halogens is 10. The van der Waals surface area contributed by atoms with Crippen molar-refractivity contribution in [2.75, 3.05) is 7.11 Å². The van der Waals surface area contributed by atoms with Gasteiger partial charge in [-0.3, -0.25) is 0 Å². The maximum Gasteiger partial charge on any atom is 0.264 e. The van der Waals surface area contributed by atoms with Crippen LogP contribution in [0.25, 0.3) is 0 Å². The number of hydrogen-bond acceptors (Lipinski definition) is 1. The standard InChI is InChI=1S/C19H7BF10O/c1-31-19-17(29)15(27)14(16(28)18(19)30)20(12-8(23)2-6(21)3-9(12)24)13-10(25)4-7(22)5-11(13)26/h2-5H,1H3. The van der Waals surface area contributed by atoms with Crippen LogP contribution in [0.3, 0.4) is 0 Å². The molecule has 0 saturated carbocycles. The van der Waals surface area contributed by atoms with E-state index in [0.29, 0.717) is 7.11 Å². The molecule has 3 aromatic carbocycles. The lowest BCUT2D eigenvalue weighted by molar-refractivity contribution is 0.335. The summed E-state index contributed by atoms with van der Waals surface area (Å²) < 4.78 is 146. The largest absolute Gasteiger partial charge is 0.491 e. The molecule has 1 nitrogen and oxygen atoms in total. The Morgan fingerprint density at radius 3 is 1.13 bits per heavy atom. The van der Waals surface area contributed by atoms with E-state index in [1.807, 2.05) is 0 Å². The zero-order valence-electron chi connectivity index (χ0n) is 15.1. The van der Waals surface area contributed by atoms with Crippen LogP contribution in [0.4, 0.5) is 43.9 Å². The number of hydrogen-bond donors (Lipinski definition) is 0. The normalized spacial score (nSPS) is 11.1. The molecule has 0 atom stereocenters. The van der Waals surface area contributed by atoms with Gasteiger partial charge >= 0.3 is 0 Å². The molecule has 0 radical (unpaired) electrons. The lowest BCUT2D eigenvalue weighted by atomic mass is 9.36.